The zero-order valence-electron chi connectivity index (χ0n) is 10.9. The number of hydrogen-bond acceptors (Lipinski definition) is 4. The van der Waals surface area contributed by atoms with Crippen molar-refractivity contribution in [3.8, 4) is 5.75 Å². The van der Waals surface area contributed by atoms with Gasteiger partial charge >= 0.3 is 0 Å². The quantitative estimate of drug-likeness (QED) is 0.718. The zero-order valence-corrected chi connectivity index (χ0v) is 14.9. The fourth-order valence-corrected chi connectivity index (χ4v) is 4.93. The summed E-state index contributed by atoms with van der Waals surface area (Å²) in [5.74, 6) is 0.424. The lowest BCUT2D eigenvalue weighted by atomic mass is 10.3. The first-order valence-electron chi connectivity index (χ1n) is 5.75. The van der Waals surface area contributed by atoms with E-state index in [0.29, 0.717) is 20.4 Å². The molecule has 0 aliphatic rings. The molecule has 5 nitrogen and oxygen atoms in total. The first-order chi connectivity index (χ1) is 9.85. The van der Waals surface area contributed by atoms with E-state index >= 15 is 0 Å². The number of benzene rings is 2. The predicted molar refractivity (Wildman–Crippen MR) is 90.1 cm³/mol. The van der Waals surface area contributed by atoms with Gasteiger partial charge in [0.2, 0.25) is 0 Å². The molecule has 2 aromatic carbocycles. The van der Waals surface area contributed by atoms with Crippen LogP contribution in [0.2, 0.25) is 0 Å². The van der Waals surface area contributed by atoms with Gasteiger partial charge in [-0.2, -0.15) is 0 Å². The summed E-state index contributed by atoms with van der Waals surface area (Å²) in [4.78, 5) is -0.0170. The molecule has 8 heteroatoms. The molecule has 0 atom stereocenters. The Hall–Kier alpha value is -1.25. The lowest BCUT2D eigenvalue weighted by Crippen LogP contribution is -2.16. The predicted octanol–water partition coefficient (Wildman–Crippen LogP) is 3.60. The maximum atomic E-state index is 12.5. The van der Waals surface area contributed by atoms with Crippen LogP contribution in [0.25, 0.3) is 0 Å². The molecule has 0 aromatic heterocycles. The molecule has 0 unspecified atom stereocenters. The Balaban J connectivity index is 2.49. The van der Waals surface area contributed by atoms with E-state index in [2.05, 4.69) is 36.6 Å². The van der Waals surface area contributed by atoms with Gasteiger partial charge in [0.1, 0.15) is 10.6 Å². The van der Waals surface area contributed by atoms with Crippen LogP contribution < -0.4 is 15.2 Å². The number of anilines is 2. The highest BCUT2D eigenvalue weighted by Gasteiger charge is 2.22. The molecule has 0 amide bonds. The fourth-order valence-electron chi connectivity index (χ4n) is 1.79. The Morgan fingerprint density at radius 1 is 1.19 bits per heavy atom. The maximum Gasteiger partial charge on any atom is 0.265 e. The Morgan fingerprint density at radius 3 is 2.48 bits per heavy atom. The number of nitrogen functional groups attached to an aromatic ring is 1. The Labute approximate surface area is 139 Å². The van der Waals surface area contributed by atoms with Crippen LogP contribution >= 0.6 is 31.9 Å². The number of rotatable bonds is 4. The third-order valence-corrected chi connectivity index (χ3v) is 5.48. The van der Waals surface area contributed by atoms with Crippen LogP contribution in [0.3, 0.4) is 0 Å². The van der Waals surface area contributed by atoms with Crippen molar-refractivity contribution in [1.82, 2.24) is 0 Å². The molecule has 0 heterocycles. The maximum absolute atomic E-state index is 12.5. The Morgan fingerprint density at radius 2 is 1.86 bits per heavy atom. The van der Waals surface area contributed by atoms with Crippen LogP contribution in [-0.4, -0.2) is 15.5 Å². The first-order valence-corrected chi connectivity index (χ1v) is 8.82. The van der Waals surface area contributed by atoms with E-state index < -0.39 is 10.0 Å². The number of hydrogen-bond donors (Lipinski definition) is 2. The number of halogens is 2. The number of nitrogens with one attached hydrogen (secondary N) is 1. The van der Waals surface area contributed by atoms with Gasteiger partial charge in [0, 0.05) is 8.95 Å². The second-order valence-corrected chi connectivity index (χ2v) is 7.50. The third-order valence-electron chi connectivity index (χ3n) is 2.66. The van der Waals surface area contributed by atoms with E-state index in [4.69, 9.17) is 10.5 Å². The summed E-state index contributed by atoms with van der Waals surface area (Å²) in [6.07, 6.45) is 0. The minimum Gasteiger partial charge on any atom is -0.495 e. The molecular weight excluding hydrogens is 424 g/mol. The number of nitrogens with two attached hydrogens (primary N) is 1. The van der Waals surface area contributed by atoms with Gasteiger partial charge in [0.15, 0.2) is 0 Å². The summed E-state index contributed by atoms with van der Waals surface area (Å²) in [5.41, 5.74) is 6.30. The fraction of sp³-hybridized carbons (Fsp3) is 0.0769. The van der Waals surface area contributed by atoms with Gasteiger partial charge in [-0.25, -0.2) is 8.42 Å². The van der Waals surface area contributed by atoms with Crippen LogP contribution in [0.15, 0.2) is 50.2 Å². The Bertz CT molecular complexity index is 756. The number of sulfonamides is 1. The largest absolute Gasteiger partial charge is 0.495 e. The van der Waals surface area contributed by atoms with Crippen molar-refractivity contribution in [2.45, 2.75) is 4.90 Å². The average Bonchev–Trinajstić information content (AvgIpc) is 2.37. The molecule has 0 aliphatic carbocycles. The molecule has 0 fully saturated rings. The summed E-state index contributed by atoms with van der Waals surface area (Å²) >= 11 is 6.48. The molecular formula is C13H12Br2N2O3S. The molecule has 112 valence electrons. The minimum absolute atomic E-state index is 0.0170. The van der Waals surface area contributed by atoms with Gasteiger partial charge in [-0.1, -0.05) is 28.1 Å². The smallest absolute Gasteiger partial charge is 0.265 e. The molecule has 0 saturated carbocycles. The van der Waals surface area contributed by atoms with Gasteiger partial charge in [0.05, 0.1) is 18.5 Å². The van der Waals surface area contributed by atoms with Crippen molar-refractivity contribution in [3.63, 3.8) is 0 Å². The van der Waals surface area contributed by atoms with Gasteiger partial charge < -0.3 is 10.5 Å². The minimum atomic E-state index is -3.85. The monoisotopic (exact) mass is 434 g/mol. The van der Waals surface area contributed by atoms with E-state index in [9.17, 15) is 8.42 Å². The van der Waals surface area contributed by atoms with E-state index in [1.807, 2.05) is 0 Å². The molecule has 21 heavy (non-hydrogen) atoms. The number of methoxy groups -OCH3 is 1. The molecule has 0 saturated heterocycles. The number of para-hydroxylation sites is 2. The topological polar surface area (TPSA) is 81.4 Å². The standard InChI is InChI=1S/C13H12Br2N2O3S/c1-20-12-5-3-2-4-11(12)17-21(18,19)13-9(15)6-8(14)7-10(13)16/h2-7,17H,16H2,1H3. The third kappa shape index (κ3) is 3.50. The van der Waals surface area contributed by atoms with E-state index in [1.54, 1.807) is 30.3 Å². The Kier molecular flexibility index (Phi) is 4.80. The highest BCUT2D eigenvalue weighted by Crippen LogP contribution is 2.34. The van der Waals surface area contributed by atoms with E-state index in [1.165, 1.54) is 13.2 Å². The molecule has 3 N–H and O–H groups in total. The normalized spacial score (nSPS) is 11.2. The van der Waals surface area contributed by atoms with Crippen molar-refractivity contribution >= 4 is 53.3 Å². The van der Waals surface area contributed by atoms with Crippen LogP contribution in [-0.2, 0) is 10.0 Å². The lowest BCUT2D eigenvalue weighted by molar-refractivity contribution is 0.417. The van der Waals surface area contributed by atoms with Crippen LogP contribution in [0, 0.1) is 0 Å². The molecule has 0 bridgehead atoms. The van der Waals surface area contributed by atoms with Crippen molar-refractivity contribution in [3.05, 3.63) is 45.3 Å². The lowest BCUT2D eigenvalue weighted by Gasteiger charge is -2.14. The highest BCUT2D eigenvalue weighted by atomic mass is 79.9. The summed E-state index contributed by atoms with van der Waals surface area (Å²) < 4.78 is 33.7. The summed E-state index contributed by atoms with van der Waals surface area (Å²) in [5, 5.41) is 0. The van der Waals surface area contributed by atoms with Gasteiger partial charge in [-0.05, 0) is 40.2 Å². The second kappa shape index (κ2) is 6.25. The molecule has 0 aliphatic heterocycles. The van der Waals surface area contributed by atoms with Crippen molar-refractivity contribution in [1.29, 1.82) is 0 Å². The summed E-state index contributed by atoms with van der Waals surface area (Å²) in [6.45, 7) is 0. The van der Waals surface area contributed by atoms with E-state index in [0.717, 1.165) is 0 Å². The van der Waals surface area contributed by atoms with E-state index in [-0.39, 0.29) is 10.6 Å². The number of ether oxygens (including phenoxy) is 1. The molecule has 2 aromatic rings. The van der Waals surface area contributed by atoms with Gasteiger partial charge in [0.25, 0.3) is 10.0 Å². The first kappa shape index (κ1) is 16.1. The second-order valence-electron chi connectivity index (χ2n) is 4.11. The van der Waals surface area contributed by atoms with Crippen molar-refractivity contribution in [2.75, 3.05) is 17.6 Å². The van der Waals surface area contributed by atoms with Crippen molar-refractivity contribution in [2.24, 2.45) is 0 Å². The summed E-state index contributed by atoms with van der Waals surface area (Å²) in [6, 6.07) is 9.88. The van der Waals surface area contributed by atoms with Gasteiger partial charge in [-0.3, -0.25) is 4.72 Å². The van der Waals surface area contributed by atoms with Crippen molar-refractivity contribution < 1.29 is 13.2 Å². The molecule has 0 spiro atoms. The molecule has 0 radical (unpaired) electrons. The highest BCUT2D eigenvalue weighted by molar-refractivity contribution is 9.11. The molecule has 2 rings (SSSR count). The van der Waals surface area contributed by atoms with Crippen LogP contribution in [0.4, 0.5) is 11.4 Å². The SMILES string of the molecule is COc1ccccc1NS(=O)(=O)c1c(N)cc(Br)cc1Br. The summed E-state index contributed by atoms with van der Waals surface area (Å²) in [7, 11) is -2.38. The van der Waals surface area contributed by atoms with Crippen LogP contribution in [0.5, 0.6) is 5.75 Å². The average molecular weight is 436 g/mol. The van der Waals surface area contributed by atoms with Crippen LogP contribution in [0.1, 0.15) is 0 Å². The van der Waals surface area contributed by atoms with Gasteiger partial charge in [-0.15, -0.1) is 0 Å². The zero-order chi connectivity index (χ0) is 15.6.